The largest absolute Gasteiger partial charge is 0.376 e. The SMILES string of the molecule is Cc1ncnc2c1ncn2CC1CCCO1. The van der Waals surface area contributed by atoms with Gasteiger partial charge in [0.1, 0.15) is 11.8 Å². The van der Waals surface area contributed by atoms with Crippen molar-refractivity contribution in [2.75, 3.05) is 6.61 Å². The second-order valence-electron chi connectivity index (χ2n) is 4.16. The highest BCUT2D eigenvalue weighted by Crippen LogP contribution is 2.17. The van der Waals surface area contributed by atoms with Gasteiger partial charge in [-0.2, -0.15) is 0 Å². The van der Waals surface area contributed by atoms with E-state index >= 15 is 0 Å². The predicted molar refractivity (Wildman–Crippen MR) is 59.0 cm³/mol. The lowest BCUT2D eigenvalue weighted by Crippen LogP contribution is -2.14. The van der Waals surface area contributed by atoms with Crippen LogP contribution in [0.1, 0.15) is 18.5 Å². The molecule has 1 fully saturated rings. The summed E-state index contributed by atoms with van der Waals surface area (Å²) in [6, 6.07) is 0. The van der Waals surface area contributed by atoms with E-state index < -0.39 is 0 Å². The Balaban J connectivity index is 1.94. The fourth-order valence-electron chi connectivity index (χ4n) is 2.14. The number of ether oxygens (including phenoxy) is 1. The summed E-state index contributed by atoms with van der Waals surface area (Å²) >= 11 is 0. The molecule has 3 rings (SSSR count). The second kappa shape index (κ2) is 3.83. The molecular formula is C11H14N4O. The summed E-state index contributed by atoms with van der Waals surface area (Å²) in [5, 5.41) is 0. The zero-order valence-corrected chi connectivity index (χ0v) is 9.26. The molecule has 0 aromatic carbocycles. The van der Waals surface area contributed by atoms with Crippen molar-refractivity contribution in [2.24, 2.45) is 0 Å². The predicted octanol–water partition coefficient (Wildman–Crippen LogP) is 1.31. The molecule has 0 aliphatic carbocycles. The lowest BCUT2D eigenvalue weighted by molar-refractivity contribution is 0.0978. The molecule has 1 unspecified atom stereocenters. The molecule has 5 heteroatoms. The molecule has 0 saturated carbocycles. The van der Waals surface area contributed by atoms with Crippen LogP contribution < -0.4 is 0 Å². The maximum atomic E-state index is 5.61. The average molecular weight is 218 g/mol. The van der Waals surface area contributed by atoms with Gasteiger partial charge in [0.25, 0.3) is 0 Å². The Morgan fingerprint density at radius 2 is 2.38 bits per heavy atom. The molecule has 1 aliphatic rings. The average Bonchev–Trinajstić information content (AvgIpc) is 2.90. The highest BCUT2D eigenvalue weighted by atomic mass is 16.5. The minimum Gasteiger partial charge on any atom is -0.376 e. The van der Waals surface area contributed by atoms with Crippen LogP contribution in [0.4, 0.5) is 0 Å². The van der Waals surface area contributed by atoms with Crippen LogP contribution >= 0.6 is 0 Å². The molecule has 0 spiro atoms. The standard InChI is InChI=1S/C11H14N4O/c1-8-10-11(13-6-12-8)15(7-14-10)5-9-3-2-4-16-9/h6-7,9H,2-5H2,1H3. The van der Waals surface area contributed by atoms with Gasteiger partial charge in [0.05, 0.1) is 24.7 Å². The van der Waals surface area contributed by atoms with Crippen LogP contribution in [0.2, 0.25) is 0 Å². The highest BCUT2D eigenvalue weighted by molar-refractivity contribution is 5.72. The van der Waals surface area contributed by atoms with Crippen molar-refractivity contribution in [3.8, 4) is 0 Å². The molecule has 0 N–H and O–H groups in total. The summed E-state index contributed by atoms with van der Waals surface area (Å²) in [4.78, 5) is 12.8. The molecule has 0 amide bonds. The van der Waals surface area contributed by atoms with Crippen molar-refractivity contribution in [3.05, 3.63) is 18.3 Å². The Kier molecular flexibility index (Phi) is 2.32. The van der Waals surface area contributed by atoms with E-state index in [2.05, 4.69) is 19.5 Å². The zero-order chi connectivity index (χ0) is 11.0. The smallest absolute Gasteiger partial charge is 0.163 e. The van der Waals surface area contributed by atoms with Gasteiger partial charge in [-0.05, 0) is 19.8 Å². The van der Waals surface area contributed by atoms with Crippen molar-refractivity contribution in [3.63, 3.8) is 0 Å². The molecule has 5 nitrogen and oxygen atoms in total. The number of hydrogen-bond donors (Lipinski definition) is 0. The third-order valence-corrected chi connectivity index (χ3v) is 3.01. The maximum Gasteiger partial charge on any atom is 0.163 e. The summed E-state index contributed by atoms with van der Waals surface area (Å²) < 4.78 is 7.67. The fraction of sp³-hybridized carbons (Fsp3) is 0.545. The van der Waals surface area contributed by atoms with Gasteiger partial charge in [-0.25, -0.2) is 15.0 Å². The van der Waals surface area contributed by atoms with Crippen molar-refractivity contribution in [1.29, 1.82) is 0 Å². The first kappa shape index (κ1) is 9.72. The first-order chi connectivity index (χ1) is 7.84. The first-order valence-corrected chi connectivity index (χ1v) is 5.58. The van der Waals surface area contributed by atoms with Crippen LogP contribution in [0, 0.1) is 6.92 Å². The number of hydrogen-bond acceptors (Lipinski definition) is 4. The highest BCUT2D eigenvalue weighted by Gasteiger charge is 2.17. The fourth-order valence-corrected chi connectivity index (χ4v) is 2.14. The first-order valence-electron chi connectivity index (χ1n) is 5.58. The van der Waals surface area contributed by atoms with Gasteiger partial charge in [-0.15, -0.1) is 0 Å². The van der Waals surface area contributed by atoms with Crippen LogP contribution in [0.5, 0.6) is 0 Å². The molecule has 0 bridgehead atoms. The van der Waals surface area contributed by atoms with Crippen LogP contribution in [0.25, 0.3) is 11.2 Å². The summed E-state index contributed by atoms with van der Waals surface area (Å²) in [6.45, 7) is 3.67. The van der Waals surface area contributed by atoms with Crippen LogP contribution in [0.3, 0.4) is 0 Å². The van der Waals surface area contributed by atoms with Crippen molar-refractivity contribution >= 4 is 11.2 Å². The van der Waals surface area contributed by atoms with Gasteiger partial charge in [-0.3, -0.25) is 0 Å². The summed E-state index contributed by atoms with van der Waals surface area (Å²) in [5.41, 5.74) is 2.72. The van der Waals surface area contributed by atoms with E-state index in [-0.39, 0.29) is 0 Å². The van der Waals surface area contributed by atoms with Crippen LogP contribution in [0.15, 0.2) is 12.7 Å². The van der Waals surface area contributed by atoms with Crippen molar-refractivity contribution in [1.82, 2.24) is 19.5 Å². The summed E-state index contributed by atoms with van der Waals surface area (Å²) in [5.74, 6) is 0. The number of fused-ring (bicyclic) bond motifs is 1. The topological polar surface area (TPSA) is 52.8 Å². The molecule has 1 aliphatic heterocycles. The zero-order valence-electron chi connectivity index (χ0n) is 9.26. The van der Waals surface area contributed by atoms with Gasteiger partial charge in [0.15, 0.2) is 5.65 Å². The third kappa shape index (κ3) is 1.57. The minimum absolute atomic E-state index is 0.313. The van der Waals surface area contributed by atoms with Crippen LogP contribution in [-0.2, 0) is 11.3 Å². The monoisotopic (exact) mass is 218 g/mol. The van der Waals surface area contributed by atoms with Gasteiger partial charge in [-0.1, -0.05) is 0 Å². The van der Waals surface area contributed by atoms with Gasteiger partial charge < -0.3 is 9.30 Å². The third-order valence-electron chi connectivity index (χ3n) is 3.01. The van der Waals surface area contributed by atoms with Crippen molar-refractivity contribution < 1.29 is 4.74 Å². The minimum atomic E-state index is 0.313. The van der Waals surface area contributed by atoms with E-state index in [9.17, 15) is 0 Å². The van der Waals surface area contributed by atoms with Crippen molar-refractivity contribution in [2.45, 2.75) is 32.4 Å². The van der Waals surface area contributed by atoms with Gasteiger partial charge in [0.2, 0.25) is 0 Å². The summed E-state index contributed by atoms with van der Waals surface area (Å²) in [7, 11) is 0. The Hall–Kier alpha value is -1.49. The Morgan fingerprint density at radius 3 is 3.19 bits per heavy atom. The lowest BCUT2D eigenvalue weighted by atomic mass is 10.2. The molecule has 16 heavy (non-hydrogen) atoms. The molecule has 0 radical (unpaired) electrons. The quantitative estimate of drug-likeness (QED) is 0.762. The van der Waals surface area contributed by atoms with E-state index in [0.29, 0.717) is 6.10 Å². The molecule has 2 aromatic rings. The van der Waals surface area contributed by atoms with E-state index in [1.54, 1.807) is 6.33 Å². The normalized spacial score (nSPS) is 20.7. The number of nitrogens with zero attached hydrogens (tertiary/aromatic N) is 4. The number of rotatable bonds is 2. The molecule has 2 aromatic heterocycles. The number of aromatic nitrogens is 4. The molecule has 1 saturated heterocycles. The maximum absolute atomic E-state index is 5.61. The van der Waals surface area contributed by atoms with E-state index in [4.69, 9.17) is 4.74 Å². The van der Waals surface area contributed by atoms with Crippen LogP contribution in [-0.4, -0.2) is 32.2 Å². The Bertz CT molecular complexity index is 502. The lowest BCUT2D eigenvalue weighted by Gasteiger charge is -2.10. The molecule has 1 atom stereocenters. The molecular weight excluding hydrogens is 204 g/mol. The van der Waals surface area contributed by atoms with E-state index in [1.165, 1.54) is 0 Å². The number of imidazole rings is 1. The van der Waals surface area contributed by atoms with Gasteiger partial charge >= 0.3 is 0 Å². The molecule has 3 heterocycles. The van der Waals surface area contributed by atoms with Gasteiger partial charge in [0, 0.05) is 6.61 Å². The van der Waals surface area contributed by atoms with E-state index in [0.717, 1.165) is 42.9 Å². The van der Waals surface area contributed by atoms with E-state index in [1.807, 2.05) is 13.3 Å². The Labute approximate surface area is 93.5 Å². The second-order valence-corrected chi connectivity index (χ2v) is 4.16. The summed E-state index contributed by atoms with van der Waals surface area (Å²) in [6.07, 6.45) is 6.02. The Morgan fingerprint density at radius 1 is 1.44 bits per heavy atom. The number of aryl methyl sites for hydroxylation is 1. The molecule has 84 valence electrons.